The Morgan fingerprint density at radius 3 is 2.19 bits per heavy atom. The van der Waals surface area contributed by atoms with Crippen LogP contribution < -0.4 is 0 Å². The van der Waals surface area contributed by atoms with Gasteiger partial charge in [-0.25, -0.2) is 8.42 Å². The lowest BCUT2D eigenvalue weighted by atomic mass is 10.4. The average Bonchev–Trinajstić information content (AvgIpc) is 2.22. The zero-order chi connectivity index (χ0) is 12.8. The fraction of sp³-hybridized carbons (Fsp3) is 0.900. The molecule has 0 aromatic carbocycles. The van der Waals surface area contributed by atoms with Gasteiger partial charge < -0.3 is 4.90 Å². The molecule has 0 aromatic rings. The molecule has 0 amide bonds. The number of rotatable bonds is 7. The summed E-state index contributed by atoms with van der Waals surface area (Å²) in [4.78, 5) is 1.93. The Morgan fingerprint density at radius 1 is 1.25 bits per heavy atom. The summed E-state index contributed by atoms with van der Waals surface area (Å²) < 4.78 is 25.3. The van der Waals surface area contributed by atoms with Crippen molar-refractivity contribution in [1.82, 2.24) is 9.21 Å². The van der Waals surface area contributed by atoms with Crippen LogP contribution in [0.3, 0.4) is 0 Å². The molecule has 94 valence electrons. The van der Waals surface area contributed by atoms with Crippen molar-refractivity contribution in [3.05, 3.63) is 0 Å². The molecule has 0 saturated heterocycles. The van der Waals surface area contributed by atoms with Crippen LogP contribution in [0.4, 0.5) is 0 Å². The van der Waals surface area contributed by atoms with Crippen molar-refractivity contribution in [2.45, 2.75) is 25.5 Å². The molecule has 0 spiro atoms. The highest BCUT2D eigenvalue weighted by Crippen LogP contribution is 2.09. The molecular formula is C10H21N3O2S. The van der Waals surface area contributed by atoms with E-state index in [-0.39, 0.29) is 0 Å². The van der Waals surface area contributed by atoms with E-state index in [1.165, 1.54) is 11.2 Å². The normalized spacial score (nSPS) is 14.1. The maximum absolute atomic E-state index is 11.9. The Kier molecular flexibility index (Phi) is 6.56. The van der Waals surface area contributed by atoms with Gasteiger partial charge >= 0.3 is 0 Å². The number of nitrogens with zero attached hydrogens (tertiary/aromatic N) is 3. The summed E-state index contributed by atoms with van der Waals surface area (Å²) >= 11 is 0. The second-order valence-corrected chi connectivity index (χ2v) is 6.27. The fourth-order valence-corrected chi connectivity index (χ4v) is 2.57. The number of likely N-dealkylation sites (N-methyl/N-ethyl adjacent to an activating group) is 1. The fourth-order valence-electron chi connectivity index (χ4n) is 1.22. The third-order valence-corrected chi connectivity index (χ3v) is 4.34. The van der Waals surface area contributed by atoms with Gasteiger partial charge in [0, 0.05) is 19.6 Å². The van der Waals surface area contributed by atoms with Crippen molar-refractivity contribution < 1.29 is 8.42 Å². The molecule has 0 aromatic heterocycles. The lowest BCUT2D eigenvalue weighted by Gasteiger charge is -2.24. The molecule has 0 bridgehead atoms. The maximum atomic E-state index is 11.9. The van der Waals surface area contributed by atoms with Gasteiger partial charge in [-0.1, -0.05) is 6.92 Å². The van der Waals surface area contributed by atoms with E-state index in [1.54, 1.807) is 6.07 Å². The second kappa shape index (κ2) is 6.84. The molecule has 1 atom stereocenters. The Balaban J connectivity index is 4.71. The average molecular weight is 247 g/mol. The van der Waals surface area contributed by atoms with Crippen molar-refractivity contribution in [2.75, 3.05) is 33.7 Å². The first-order valence-corrected chi connectivity index (χ1v) is 6.89. The van der Waals surface area contributed by atoms with Crippen molar-refractivity contribution in [3.63, 3.8) is 0 Å². The lowest BCUT2D eigenvalue weighted by molar-refractivity contribution is 0.332. The molecule has 0 radical (unpaired) electrons. The molecule has 1 unspecified atom stereocenters. The molecule has 5 nitrogen and oxygen atoms in total. The molecule has 0 rings (SSSR count). The summed E-state index contributed by atoms with van der Waals surface area (Å²) in [5.41, 5.74) is 0. The van der Waals surface area contributed by atoms with Crippen LogP contribution in [0.2, 0.25) is 0 Å². The predicted octanol–water partition coefficient (Wildman–Crippen LogP) is 0.502. The van der Waals surface area contributed by atoms with Crippen LogP contribution in [0.25, 0.3) is 0 Å². The summed E-state index contributed by atoms with van der Waals surface area (Å²) in [5.74, 6) is 0. The minimum absolute atomic E-state index is 0.440. The van der Waals surface area contributed by atoms with E-state index >= 15 is 0 Å². The first-order chi connectivity index (χ1) is 7.36. The lowest BCUT2D eigenvalue weighted by Crippen LogP contribution is -2.41. The minimum atomic E-state index is -3.46. The van der Waals surface area contributed by atoms with Gasteiger partial charge in [-0.15, -0.1) is 0 Å². The summed E-state index contributed by atoms with van der Waals surface area (Å²) in [5, 5.41) is 7.73. The molecule has 0 aliphatic carbocycles. The summed E-state index contributed by atoms with van der Waals surface area (Å²) in [6.07, 6.45) is 0.755. The summed E-state index contributed by atoms with van der Waals surface area (Å²) in [7, 11) is 0.323. The smallest absolute Gasteiger partial charge is 0.230 e. The largest absolute Gasteiger partial charge is 0.308 e. The van der Waals surface area contributed by atoms with Gasteiger partial charge in [0.2, 0.25) is 10.0 Å². The van der Waals surface area contributed by atoms with Crippen LogP contribution in [0, 0.1) is 11.3 Å². The van der Waals surface area contributed by atoms with Crippen molar-refractivity contribution in [2.24, 2.45) is 0 Å². The SMILES string of the molecule is CCCN(CCN(C)C)S(=O)(=O)C(C)C#N. The van der Waals surface area contributed by atoms with E-state index in [0.29, 0.717) is 19.6 Å². The molecule has 16 heavy (non-hydrogen) atoms. The second-order valence-electron chi connectivity index (χ2n) is 4.02. The molecule has 0 N–H and O–H groups in total. The number of hydrogen-bond donors (Lipinski definition) is 0. The Morgan fingerprint density at radius 2 is 1.81 bits per heavy atom. The van der Waals surface area contributed by atoms with Gasteiger partial charge in [-0.3, -0.25) is 0 Å². The zero-order valence-corrected chi connectivity index (χ0v) is 11.3. The predicted molar refractivity (Wildman–Crippen MR) is 64.4 cm³/mol. The van der Waals surface area contributed by atoms with Gasteiger partial charge in [0.25, 0.3) is 0 Å². The van der Waals surface area contributed by atoms with Gasteiger partial charge in [-0.05, 0) is 27.4 Å². The van der Waals surface area contributed by atoms with Crippen molar-refractivity contribution >= 4 is 10.0 Å². The quantitative estimate of drug-likeness (QED) is 0.657. The van der Waals surface area contributed by atoms with Gasteiger partial charge in [0.15, 0.2) is 5.25 Å². The molecule has 0 aliphatic heterocycles. The van der Waals surface area contributed by atoms with E-state index in [1.807, 2.05) is 25.9 Å². The molecule has 6 heteroatoms. The van der Waals surface area contributed by atoms with E-state index in [4.69, 9.17) is 5.26 Å². The van der Waals surface area contributed by atoms with Crippen LogP contribution >= 0.6 is 0 Å². The standard InChI is InChI=1S/C10H21N3O2S/c1-5-6-13(8-7-12(3)4)16(14,15)10(2)9-11/h10H,5-8H2,1-4H3. The highest BCUT2D eigenvalue weighted by Gasteiger charge is 2.27. The van der Waals surface area contributed by atoms with Crippen LogP contribution in [0.1, 0.15) is 20.3 Å². The van der Waals surface area contributed by atoms with Crippen molar-refractivity contribution in [1.29, 1.82) is 5.26 Å². The van der Waals surface area contributed by atoms with Crippen molar-refractivity contribution in [3.8, 4) is 6.07 Å². The van der Waals surface area contributed by atoms with E-state index in [9.17, 15) is 8.42 Å². The van der Waals surface area contributed by atoms with Crippen LogP contribution in [0.15, 0.2) is 0 Å². The third-order valence-electron chi connectivity index (χ3n) is 2.26. The van der Waals surface area contributed by atoms with E-state index in [2.05, 4.69) is 0 Å². The van der Waals surface area contributed by atoms with Crippen LogP contribution in [0.5, 0.6) is 0 Å². The Bertz CT molecular complexity index is 332. The van der Waals surface area contributed by atoms with Crippen LogP contribution in [-0.2, 0) is 10.0 Å². The van der Waals surface area contributed by atoms with Gasteiger partial charge in [0.1, 0.15) is 0 Å². The highest BCUT2D eigenvalue weighted by atomic mass is 32.2. The number of nitriles is 1. The monoisotopic (exact) mass is 247 g/mol. The zero-order valence-electron chi connectivity index (χ0n) is 10.5. The van der Waals surface area contributed by atoms with E-state index in [0.717, 1.165) is 6.42 Å². The third kappa shape index (κ3) is 4.47. The molecule has 0 fully saturated rings. The Hall–Kier alpha value is -0.640. The molecule has 0 aliphatic rings. The van der Waals surface area contributed by atoms with E-state index < -0.39 is 15.3 Å². The summed E-state index contributed by atoms with van der Waals surface area (Å²) in [6, 6.07) is 1.79. The van der Waals surface area contributed by atoms with Crippen LogP contribution in [-0.4, -0.2) is 56.6 Å². The first-order valence-electron chi connectivity index (χ1n) is 5.39. The first kappa shape index (κ1) is 15.4. The number of sulfonamides is 1. The Labute approximate surface area is 98.7 Å². The molecule has 0 heterocycles. The molecular weight excluding hydrogens is 226 g/mol. The maximum Gasteiger partial charge on any atom is 0.230 e. The topological polar surface area (TPSA) is 64.4 Å². The molecule has 0 saturated carbocycles. The van der Waals surface area contributed by atoms with Gasteiger partial charge in [0.05, 0.1) is 6.07 Å². The number of hydrogen-bond acceptors (Lipinski definition) is 4. The summed E-state index contributed by atoms with van der Waals surface area (Å²) in [6.45, 7) is 4.93. The van der Waals surface area contributed by atoms with Gasteiger partial charge in [-0.2, -0.15) is 9.57 Å². The highest BCUT2D eigenvalue weighted by molar-refractivity contribution is 7.89. The minimum Gasteiger partial charge on any atom is -0.308 e.